The van der Waals surface area contributed by atoms with Gasteiger partial charge in [0, 0.05) is 45.7 Å². The Bertz CT molecular complexity index is 158. The molecule has 4 heteroatoms. The first-order valence-electron chi connectivity index (χ1n) is 5.29. The quantitative estimate of drug-likeness (QED) is 0.641. The first-order chi connectivity index (χ1) is 6.66. The Kier molecular flexibility index (Phi) is 4.81. The van der Waals surface area contributed by atoms with Gasteiger partial charge in [0.15, 0.2) is 0 Å². The standard InChI is InChI=1S/C10H22N2O2/c1-11-5-6-12(2)9-10(13)3-7-14-8-4-10/h11,13H,3-9H2,1-2H3. The van der Waals surface area contributed by atoms with Gasteiger partial charge in [-0.1, -0.05) is 0 Å². The molecule has 0 spiro atoms. The first kappa shape index (κ1) is 11.9. The highest BCUT2D eigenvalue weighted by atomic mass is 16.5. The summed E-state index contributed by atoms with van der Waals surface area (Å²) in [5.41, 5.74) is -0.527. The van der Waals surface area contributed by atoms with E-state index in [2.05, 4.69) is 10.2 Å². The van der Waals surface area contributed by atoms with Crippen molar-refractivity contribution in [3.63, 3.8) is 0 Å². The SMILES string of the molecule is CNCCN(C)CC1(O)CCOCC1. The Hall–Kier alpha value is -0.160. The molecule has 2 N–H and O–H groups in total. The zero-order chi connectivity index (χ0) is 10.4. The van der Waals surface area contributed by atoms with E-state index in [0.29, 0.717) is 13.2 Å². The monoisotopic (exact) mass is 202 g/mol. The minimum Gasteiger partial charge on any atom is -0.388 e. The molecule has 0 aromatic rings. The van der Waals surface area contributed by atoms with Gasteiger partial charge in [0.1, 0.15) is 0 Å². The van der Waals surface area contributed by atoms with E-state index in [1.165, 1.54) is 0 Å². The number of aliphatic hydroxyl groups is 1. The molecular formula is C10H22N2O2. The van der Waals surface area contributed by atoms with Crippen molar-refractivity contribution in [1.82, 2.24) is 10.2 Å². The van der Waals surface area contributed by atoms with Crippen LogP contribution in [0.4, 0.5) is 0 Å². The lowest BCUT2D eigenvalue weighted by molar-refractivity contribution is -0.0766. The number of hydrogen-bond donors (Lipinski definition) is 2. The molecular weight excluding hydrogens is 180 g/mol. The third-order valence-electron chi connectivity index (χ3n) is 2.73. The lowest BCUT2D eigenvalue weighted by atomic mass is 9.94. The summed E-state index contributed by atoms with van der Waals surface area (Å²) in [5, 5.41) is 13.3. The number of nitrogens with zero attached hydrogens (tertiary/aromatic N) is 1. The van der Waals surface area contributed by atoms with Gasteiger partial charge in [-0.15, -0.1) is 0 Å². The van der Waals surface area contributed by atoms with Gasteiger partial charge in [0.25, 0.3) is 0 Å². The van der Waals surface area contributed by atoms with Gasteiger partial charge in [0.05, 0.1) is 5.60 Å². The summed E-state index contributed by atoms with van der Waals surface area (Å²) < 4.78 is 5.24. The topological polar surface area (TPSA) is 44.7 Å². The summed E-state index contributed by atoms with van der Waals surface area (Å²) in [6, 6.07) is 0. The van der Waals surface area contributed by atoms with E-state index in [-0.39, 0.29) is 0 Å². The van der Waals surface area contributed by atoms with Gasteiger partial charge in [-0.2, -0.15) is 0 Å². The van der Waals surface area contributed by atoms with Crippen molar-refractivity contribution < 1.29 is 9.84 Å². The maximum atomic E-state index is 10.2. The Balaban J connectivity index is 2.25. The molecule has 0 bridgehead atoms. The molecule has 0 saturated carbocycles. The molecule has 0 aromatic carbocycles. The fourth-order valence-corrected chi connectivity index (χ4v) is 1.79. The van der Waals surface area contributed by atoms with Crippen LogP contribution >= 0.6 is 0 Å². The van der Waals surface area contributed by atoms with Gasteiger partial charge in [-0.05, 0) is 14.1 Å². The van der Waals surface area contributed by atoms with Crippen LogP contribution < -0.4 is 5.32 Å². The molecule has 4 nitrogen and oxygen atoms in total. The van der Waals surface area contributed by atoms with E-state index < -0.39 is 5.60 Å². The van der Waals surface area contributed by atoms with Crippen molar-refractivity contribution in [1.29, 1.82) is 0 Å². The second-order valence-electron chi connectivity index (χ2n) is 4.18. The number of rotatable bonds is 5. The molecule has 1 fully saturated rings. The molecule has 1 rings (SSSR count). The van der Waals surface area contributed by atoms with Crippen molar-refractivity contribution in [2.24, 2.45) is 0 Å². The fourth-order valence-electron chi connectivity index (χ4n) is 1.79. The predicted octanol–water partition coefficient (Wildman–Crippen LogP) is -0.321. The van der Waals surface area contributed by atoms with E-state index in [1.54, 1.807) is 0 Å². The second kappa shape index (κ2) is 5.66. The van der Waals surface area contributed by atoms with Crippen molar-refractivity contribution in [3.05, 3.63) is 0 Å². The van der Waals surface area contributed by atoms with Gasteiger partial charge < -0.3 is 20.1 Å². The smallest absolute Gasteiger partial charge is 0.0817 e. The summed E-state index contributed by atoms with van der Waals surface area (Å²) in [6.45, 7) is 4.06. The summed E-state index contributed by atoms with van der Waals surface area (Å²) >= 11 is 0. The number of hydrogen-bond acceptors (Lipinski definition) is 4. The zero-order valence-corrected chi connectivity index (χ0v) is 9.25. The predicted molar refractivity (Wildman–Crippen MR) is 56.4 cm³/mol. The van der Waals surface area contributed by atoms with E-state index in [1.807, 2.05) is 14.1 Å². The van der Waals surface area contributed by atoms with Crippen LogP contribution in [0.1, 0.15) is 12.8 Å². The van der Waals surface area contributed by atoms with Crippen LogP contribution in [0.15, 0.2) is 0 Å². The molecule has 1 aliphatic rings. The molecule has 0 aromatic heterocycles. The highest BCUT2D eigenvalue weighted by molar-refractivity contribution is 4.83. The minimum atomic E-state index is -0.527. The zero-order valence-electron chi connectivity index (χ0n) is 9.25. The van der Waals surface area contributed by atoms with Gasteiger partial charge >= 0.3 is 0 Å². The third-order valence-corrected chi connectivity index (χ3v) is 2.73. The van der Waals surface area contributed by atoms with Crippen LogP contribution in [-0.2, 0) is 4.74 Å². The van der Waals surface area contributed by atoms with E-state index >= 15 is 0 Å². The fraction of sp³-hybridized carbons (Fsp3) is 1.00. The molecule has 14 heavy (non-hydrogen) atoms. The van der Waals surface area contributed by atoms with Crippen LogP contribution in [0.25, 0.3) is 0 Å². The molecule has 1 aliphatic heterocycles. The number of ether oxygens (including phenoxy) is 1. The Morgan fingerprint density at radius 3 is 2.64 bits per heavy atom. The van der Waals surface area contributed by atoms with Gasteiger partial charge in [-0.25, -0.2) is 0 Å². The van der Waals surface area contributed by atoms with E-state index in [0.717, 1.165) is 32.5 Å². The van der Waals surface area contributed by atoms with Crippen LogP contribution in [0.3, 0.4) is 0 Å². The van der Waals surface area contributed by atoms with Crippen molar-refractivity contribution in [2.45, 2.75) is 18.4 Å². The summed E-state index contributed by atoms with van der Waals surface area (Å²) in [4.78, 5) is 2.17. The molecule has 0 aliphatic carbocycles. The Morgan fingerprint density at radius 1 is 1.43 bits per heavy atom. The summed E-state index contributed by atoms with van der Waals surface area (Å²) in [7, 11) is 3.99. The van der Waals surface area contributed by atoms with Crippen LogP contribution in [0.5, 0.6) is 0 Å². The minimum absolute atomic E-state index is 0.527. The normalized spacial score (nSPS) is 21.4. The van der Waals surface area contributed by atoms with Crippen molar-refractivity contribution >= 4 is 0 Å². The molecule has 84 valence electrons. The maximum Gasteiger partial charge on any atom is 0.0817 e. The Morgan fingerprint density at radius 2 is 2.07 bits per heavy atom. The van der Waals surface area contributed by atoms with Gasteiger partial charge in [0.2, 0.25) is 0 Å². The van der Waals surface area contributed by atoms with Gasteiger partial charge in [-0.3, -0.25) is 0 Å². The lowest BCUT2D eigenvalue weighted by Crippen LogP contribution is -2.46. The van der Waals surface area contributed by atoms with Crippen LogP contribution in [0, 0.1) is 0 Å². The first-order valence-corrected chi connectivity index (χ1v) is 5.29. The summed E-state index contributed by atoms with van der Waals surface area (Å²) in [6.07, 6.45) is 1.52. The van der Waals surface area contributed by atoms with E-state index in [4.69, 9.17) is 4.74 Å². The van der Waals surface area contributed by atoms with Crippen LogP contribution in [0.2, 0.25) is 0 Å². The molecule has 0 radical (unpaired) electrons. The molecule has 1 saturated heterocycles. The molecule has 0 amide bonds. The third kappa shape index (κ3) is 3.92. The van der Waals surface area contributed by atoms with E-state index in [9.17, 15) is 5.11 Å². The molecule has 1 heterocycles. The second-order valence-corrected chi connectivity index (χ2v) is 4.18. The summed E-state index contributed by atoms with van der Waals surface area (Å²) in [5.74, 6) is 0. The Labute approximate surface area is 86.2 Å². The van der Waals surface area contributed by atoms with Crippen molar-refractivity contribution in [2.75, 3.05) is 46.9 Å². The highest BCUT2D eigenvalue weighted by Gasteiger charge is 2.30. The largest absolute Gasteiger partial charge is 0.388 e. The molecule has 0 unspecified atom stereocenters. The van der Waals surface area contributed by atoms with Crippen molar-refractivity contribution in [3.8, 4) is 0 Å². The molecule has 0 atom stereocenters. The maximum absolute atomic E-state index is 10.2. The van der Waals surface area contributed by atoms with Crippen LogP contribution in [-0.4, -0.2) is 62.6 Å². The number of likely N-dealkylation sites (N-methyl/N-ethyl adjacent to an activating group) is 2. The lowest BCUT2D eigenvalue weighted by Gasteiger charge is -2.35. The highest BCUT2D eigenvalue weighted by Crippen LogP contribution is 2.20. The average molecular weight is 202 g/mol. The number of nitrogens with one attached hydrogen (secondary N) is 1. The average Bonchev–Trinajstić information content (AvgIpc) is 2.15.